The van der Waals surface area contributed by atoms with E-state index in [-0.39, 0.29) is 17.2 Å². The maximum absolute atomic E-state index is 13.6. The zero-order valence-electron chi connectivity index (χ0n) is 15.3. The molecule has 146 valence electrons. The van der Waals surface area contributed by atoms with E-state index < -0.39 is 23.7 Å². The Bertz CT molecular complexity index is 903. The van der Waals surface area contributed by atoms with E-state index in [2.05, 4.69) is 10.9 Å². The van der Waals surface area contributed by atoms with Gasteiger partial charge in [0.15, 0.2) is 17.7 Å². The van der Waals surface area contributed by atoms with E-state index in [1.54, 1.807) is 35.2 Å². The largest absolute Gasteiger partial charge is 0.478 e. The van der Waals surface area contributed by atoms with E-state index in [9.17, 15) is 18.8 Å². The van der Waals surface area contributed by atoms with E-state index in [0.717, 1.165) is 6.42 Å². The number of hydrazine groups is 1. The van der Waals surface area contributed by atoms with Gasteiger partial charge in [-0.25, -0.2) is 4.39 Å². The molecule has 1 fully saturated rings. The predicted molar refractivity (Wildman–Crippen MR) is 100 cm³/mol. The Kier molecular flexibility index (Phi) is 5.88. The van der Waals surface area contributed by atoms with Gasteiger partial charge in [0.05, 0.1) is 11.3 Å². The van der Waals surface area contributed by atoms with Crippen LogP contribution >= 0.6 is 0 Å². The summed E-state index contributed by atoms with van der Waals surface area (Å²) in [4.78, 5) is 38.2. The number of hydrogen-bond acceptors (Lipinski definition) is 4. The summed E-state index contributed by atoms with van der Waals surface area (Å²) in [5, 5.41) is 0. The Morgan fingerprint density at radius 2 is 1.82 bits per heavy atom. The third kappa shape index (κ3) is 4.28. The minimum absolute atomic E-state index is 0.0452. The van der Waals surface area contributed by atoms with Crippen LogP contribution in [-0.4, -0.2) is 30.4 Å². The average molecular weight is 385 g/mol. The number of nitrogens with one attached hydrogen (secondary N) is 2. The van der Waals surface area contributed by atoms with Crippen molar-refractivity contribution in [1.29, 1.82) is 0 Å². The Hall–Kier alpha value is -3.42. The SMILES string of the molecule is C[C@H](Oc1ccccc1F)C(=O)NNC(=O)c1ccccc1N1CCCC1=O. The lowest BCUT2D eigenvalue weighted by atomic mass is 10.1. The van der Waals surface area contributed by atoms with Crippen LogP contribution in [0.15, 0.2) is 48.5 Å². The highest BCUT2D eigenvalue weighted by atomic mass is 19.1. The van der Waals surface area contributed by atoms with Gasteiger partial charge in [-0.15, -0.1) is 0 Å². The fourth-order valence-electron chi connectivity index (χ4n) is 2.88. The molecule has 0 saturated carbocycles. The van der Waals surface area contributed by atoms with Crippen LogP contribution in [0.4, 0.5) is 10.1 Å². The molecule has 2 N–H and O–H groups in total. The van der Waals surface area contributed by atoms with Crippen molar-refractivity contribution in [2.24, 2.45) is 0 Å². The van der Waals surface area contributed by atoms with Crippen LogP contribution in [0, 0.1) is 5.82 Å². The van der Waals surface area contributed by atoms with Crippen molar-refractivity contribution in [1.82, 2.24) is 10.9 Å². The van der Waals surface area contributed by atoms with Crippen LogP contribution in [0.25, 0.3) is 0 Å². The summed E-state index contributed by atoms with van der Waals surface area (Å²) in [7, 11) is 0. The lowest BCUT2D eigenvalue weighted by Crippen LogP contribution is -2.47. The number of anilines is 1. The third-order valence-electron chi connectivity index (χ3n) is 4.32. The number of halogens is 1. The van der Waals surface area contributed by atoms with Crippen LogP contribution in [0.3, 0.4) is 0 Å². The first kappa shape index (κ1) is 19.3. The van der Waals surface area contributed by atoms with Gasteiger partial charge >= 0.3 is 0 Å². The molecule has 7 nitrogen and oxygen atoms in total. The molecule has 0 radical (unpaired) electrons. The number of amides is 3. The molecule has 3 amide bonds. The van der Waals surface area contributed by atoms with Crippen molar-refractivity contribution in [3.8, 4) is 5.75 Å². The van der Waals surface area contributed by atoms with Gasteiger partial charge in [-0.2, -0.15) is 0 Å². The molecule has 1 atom stereocenters. The van der Waals surface area contributed by atoms with Crippen LogP contribution < -0.4 is 20.5 Å². The molecule has 2 aromatic carbocycles. The van der Waals surface area contributed by atoms with E-state index in [4.69, 9.17) is 4.74 Å². The second kappa shape index (κ2) is 8.51. The fraction of sp³-hybridized carbons (Fsp3) is 0.250. The number of ether oxygens (including phenoxy) is 1. The molecule has 0 aliphatic carbocycles. The Morgan fingerprint density at radius 1 is 1.11 bits per heavy atom. The lowest BCUT2D eigenvalue weighted by molar-refractivity contribution is -0.128. The first-order valence-corrected chi connectivity index (χ1v) is 8.88. The van der Waals surface area contributed by atoms with Crippen LogP contribution in [0.5, 0.6) is 5.75 Å². The fourth-order valence-corrected chi connectivity index (χ4v) is 2.88. The number of para-hydroxylation sites is 2. The standard InChI is InChI=1S/C20H20FN3O4/c1-13(28-17-10-5-3-8-15(17)21)19(26)22-23-20(27)14-7-2-4-9-16(14)24-12-6-11-18(24)25/h2-5,7-10,13H,6,11-12H2,1H3,(H,22,26)(H,23,27)/t13-/m0/s1. The Balaban J connectivity index is 1.62. The molecule has 28 heavy (non-hydrogen) atoms. The minimum Gasteiger partial charge on any atom is -0.478 e. The van der Waals surface area contributed by atoms with Gasteiger partial charge in [-0.1, -0.05) is 24.3 Å². The zero-order valence-corrected chi connectivity index (χ0v) is 15.3. The molecule has 3 rings (SSSR count). The van der Waals surface area contributed by atoms with Gasteiger partial charge in [-0.3, -0.25) is 25.2 Å². The summed E-state index contributed by atoms with van der Waals surface area (Å²) in [5.41, 5.74) is 5.33. The number of benzene rings is 2. The van der Waals surface area contributed by atoms with Crippen molar-refractivity contribution in [2.75, 3.05) is 11.4 Å². The molecule has 1 heterocycles. The summed E-state index contributed by atoms with van der Waals surface area (Å²) in [5.74, 6) is -1.91. The van der Waals surface area contributed by atoms with Gasteiger partial charge in [-0.05, 0) is 37.6 Å². The first-order valence-electron chi connectivity index (χ1n) is 8.88. The summed E-state index contributed by atoms with van der Waals surface area (Å²) in [6.07, 6.45) is 0.140. The molecule has 0 aromatic heterocycles. The van der Waals surface area contributed by atoms with E-state index in [0.29, 0.717) is 18.7 Å². The maximum Gasteiger partial charge on any atom is 0.279 e. The molecule has 0 bridgehead atoms. The van der Waals surface area contributed by atoms with Crippen LogP contribution in [0.1, 0.15) is 30.1 Å². The highest BCUT2D eigenvalue weighted by Crippen LogP contribution is 2.25. The second-order valence-electron chi connectivity index (χ2n) is 6.30. The highest BCUT2D eigenvalue weighted by Gasteiger charge is 2.26. The van der Waals surface area contributed by atoms with Crippen molar-refractivity contribution in [3.05, 3.63) is 59.9 Å². The monoisotopic (exact) mass is 385 g/mol. The Morgan fingerprint density at radius 3 is 2.54 bits per heavy atom. The van der Waals surface area contributed by atoms with E-state index >= 15 is 0 Å². The molecule has 1 aliphatic heterocycles. The second-order valence-corrected chi connectivity index (χ2v) is 6.30. The minimum atomic E-state index is -1.03. The van der Waals surface area contributed by atoms with Gasteiger partial charge < -0.3 is 9.64 Å². The van der Waals surface area contributed by atoms with Crippen LogP contribution in [0.2, 0.25) is 0 Å². The predicted octanol–water partition coefficient (Wildman–Crippen LogP) is 2.18. The smallest absolute Gasteiger partial charge is 0.279 e. The van der Waals surface area contributed by atoms with Gasteiger partial charge in [0.1, 0.15) is 0 Å². The molecule has 8 heteroatoms. The van der Waals surface area contributed by atoms with Gasteiger partial charge in [0.25, 0.3) is 11.8 Å². The van der Waals surface area contributed by atoms with Gasteiger partial charge in [0.2, 0.25) is 5.91 Å². The van der Waals surface area contributed by atoms with Crippen LogP contribution in [-0.2, 0) is 9.59 Å². The molecule has 1 aliphatic rings. The summed E-state index contributed by atoms with van der Waals surface area (Å²) < 4.78 is 18.9. The molecule has 1 saturated heterocycles. The highest BCUT2D eigenvalue weighted by molar-refractivity contribution is 6.05. The number of hydrogen-bond donors (Lipinski definition) is 2. The van der Waals surface area contributed by atoms with E-state index in [1.807, 2.05) is 0 Å². The van der Waals surface area contributed by atoms with Crippen molar-refractivity contribution < 1.29 is 23.5 Å². The topological polar surface area (TPSA) is 87.7 Å². The summed E-state index contributed by atoms with van der Waals surface area (Å²) in [6, 6.07) is 12.4. The number of carbonyl (C=O) groups is 3. The van der Waals surface area contributed by atoms with Crippen molar-refractivity contribution in [2.45, 2.75) is 25.9 Å². The maximum atomic E-state index is 13.6. The van der Waals surface area contributed by atoms with E-state index in [1.165, 1.54) is 25.1 Å². The normalized spacial score (nSPS) is 14.5. The number of carbonyl (C=O) groups excluding carboxylic acids is 3. The third-order valence-corrected chi connectivity index (χ3v) is 4.32. The zero-order chi connectivity index (χ0) is 20.1. The summed E-state index contributed by atoms with van der Waals surface area (Å²) >= 11 is 0. The number of rotatable bonds is 5. The Labute approximate surface area is 161 Å². The molecule has 0 spiro atoms. The molecule has 2 aromatic rings. The lowest BCUT2D eigenvalue weighted by Gasteiger charge is -2.20. The molecular formula is C20H20FN3O4. The molecule has 0 unspecified atom stereocenters. The quantitative estimate of drug-likeness (QED) is 0.773. The van der Waals surface area contributed by atoms with Crippen molar-refractivity contribution >= 4 is 23.4 Å². The number of nitrogens with zero attached hydrogens (tertiary/aromatic N) is 1. The summed E-state index contributed by atoms with van der Waals surface area (Å²) in [6.45, 7) is 1.98. The van der Waals surface area contributed by atoms with Crippen molar-refractivity contribution in [3.63, 3.8) is 0 Å². The first-order chi connectivity index (χ1) is 13.5. The average Bonchev–Trinajstić information content (AvgIpc) is 3.13. The molecular weight excluding hydrogens is 365 g/mol. The van der Waals surface area contributed by atoms with Gasteiger partial charge in [0, 0.05) is 13.0 Å².